The van der Waals surface area contributed by atoms with Gasteiger partial charge in [-0.25, -0.2) is 4.98 Å². The van der Waals surface area contributed by atoms with Crippen molar-refractivity contribution >= 4 is 11.0 Å². The Morgan fingerprint density at radius 1 is 1.00 bits per heavy atom. The van der Waals surface area contributed by atoms with E-state index in [0.29, 0.717) is 54.9 Å². The number of aromatic nitrogens is 2. The number of rotatable bonds is 8. The van der Waals surface area contributed by atoms with Crippen LogP contribution in [0.25, 0.3) is 11.0 Å². The van der Waals surface area contributed by atoms with Crippen LogP contribution in [0.5, 0.6) is 11.5 Å². The van der Waals surface area contributed by atoms with Gasteiger partial charge in [-0.3, -0.25) is 0 Å². The van der Waals surface area contributed by atoms with Gasteiger partial charge < -0.3 is 19.8 Å². The monoisotopic (exact) mass is 407 g/mol. The van der Waals surface area contributed by atoms with Gasteiger partial charge in [0.05, 0.1) is 30.8 Å². The first-order chi connectivity index (χ1) is 13.9. The minimum absolute atomic E-state index is 0.346. The molecule has 0 bridgehead atoms. The largest absolute Gasteiger partial charge is 0.493 e. The number of nitrogens with zero attached hydrogens (tertiary/aromatic N) is 2. The lowest BCUT2D eigenvalue weighted by molar-refractivity contribution is -0.137. The summed E-state index contributed by atoms with van der Waals surface area (Å²) in [7, 11) is 3.16. The summed E-state index contributed by atoms with van der Waals surface area (Å²) in [6.45, 7) is 1.07. The van der Waals surface area contributed by atoms with E-state index in [1.807, 2.05) is 22.8 Å². The fourth-order valence-electron chi connectivity index (χ4n) is 3.33. The number of benzene rings is 2. The molecule has 2 N–H and O–H groups in total. The zero-order valence-electron chi connectivity index (χ0n) is 16.4. The van der Waals surface area contributed by atoms with Crippen LogP contribution in [0, 0.1) is 0 Å². The van der Waals surface area contributed by atoms with Crippen LogP contribution < -0.4 is 15.2 Å². The summed E-state index contributed by atoms with van der Waals surface area (Å²) in [5.41, 5.74) is 6.98. The average molecular weight is 407 g/mol. The lowest BCUT2D eigenvalue weighted by Crippen LogP contribution is -2.09. The van der Waals surface area contributed by atoms with Crippen molar-refractivity contribution in [2.24, 2.45) is 5.73 Å². The minimum Gasteiger partial charge on any atom is -0.493 e. The normalized spacial score (nSPS) is 11.8. The van der Waals surface area contributed by atoms with Crippen molar-refractivity contribution in [1.29, 1.82) is 0 Å². The quantitative estimate of drug-likeness (QED) is 0.608. The van der Waals surface area contributed by atoms with Crippen LogP contribution in [0.2, 0.25) is 0 Å². The summed E-state index contributed by atoms with van der Waals surface area (Å²) in [6.07, 6.45) is -2.40. The molecule has 0 atom stereocenters. The van der Waals surface area contributed by atoms with E-state index < -0.39 is 11.7 Å². The van der Waals surface area contributed by atoms with Crippen molar-refractivity contribution in [2.75, 3.05) is 20.8 Å². The first-order valence-electron chi connectivity index (χ1n) is 9.34. The molecule has 1 aromatic heterocycles. The third-order valence-corrected chi connectivity index (χ3v) is 4.83. The number of methoxy groups -OCH3 is 2. The predicted octanol–water partition coefficient (Wildman–Crippen LogP) is 4.21. The van der Waals surface area contributed by atoms with Gasteiger partial charge in [-0.1, -0.05) is 6.07 Å². The molecule has 0 aliphatic rings. The fraction of sp³-hybridized carbons (Fsp3) is 0.381. The van der Waals surface area contributed by atoms with Gasteiger partial charge in [-0.15, -0.1) is 0 Å². The highest BCUT2D eigenvalue weighted by Gasteiger charge is 2.31. The maximum absolute atomic E-state index is 13.1. The highest BCUT2D eigenvalue weighted by Crippen LogP contribution is 2.32. The first-order valence-corrected chi connectivity index (χ1v) is 9.34. The number of hydrogen-bond acceptors (Lipinski definition) is 4. The van der Waals surface area contributed by atoms with Crippen molar-refractivity contribution in [3.63, 3.8) is 0 Å². The molecule has 3 rings (SSSR count). The Kier molecular flexibility index (Phi) is 6.32. The summed E-state index contributed by atoms with van der Waals surface area (Å²) in [5.74, 6) is 2.02. The van der Waals surface area contributed by atoms with Crippen LogP contribution in [0.1, 0.15) is 23.4 Å². The SMILES string of the molecule is COc1ccc(CCn2c(CCCN)nc3cc(C(F)(F)F)ccc32)cc1OC. The number of imidazole rings is 1. The molecule has 5 nitrogen and oxygen atoms in total. The molecule has 0 unspecified atom stereocenters. The molecule has 2 aromatic carbocycles. The Hall–Kier alpha value is -2.74. The number of halogens is 3. The summed E-state index contributed by atoms with van der Waals surface area (Å²) in [4.78, 5) is 4.46. The summed E-state index contributed by atoms with van der Waals surface area (Å²) in [5, 5.41) is 0. The Labute approximate surface area is 167 Å². The van der Waals surface area contributed by atoms with Crippen molar-refractivity contribution in [3.05, 3.63) is 53.3 Å². The number of hydrogen-bond donors (Lipinski definition) is 1. The van der Waals surface area contributed by atoms with Gasteiger partial charge in [-0.05, 0) is 55.3 Å². The van der Waals surface area contributed by atoms with Crippen molar-refractivity contribution < 1.29 is 22.6 Å². The predicted molar refractivity (Wildman–Crippen MR) is 105 cm³/mol. The molecule has 0 fully saturated rings. The molecule has 0 saturated carbocycles. The van der Waals surface area contributed by atoms with Crippen LogP contribution in [0.4, 0.5) is 13.2 Å². The lowest BCUT2D eigenvalue weighted by atomic mass is 10.1. The number of nitrogens with two attached hydrogens (primary N) is 1. The number of alkyl halides is 3. The third kappa shape index (κ3) is 4.64. The van der Waals surface area contributed by atoms with Gasteiger partial charge in [0.1, 0.15) is 5.82 Å². The number of ether oxygens (including phenoxy) is 2. The summed E-state index contributed by atoms with van der Waals surface area (Å²) >= 11 is 0. The van der Waals surface area contributed by atoms with Gasteiger partial charge in [-0.2, -0.15) is 13.2 Å². The molecule has 8 heteroatoms. The highest BCUT2D eigenvalue weighted by atomic mass is 19.4. The summed E-state index contributed by atoms with van der Waals surface area (Å²) in [6, 6.07) is 9.38. The third-order valence-electron chi connectivity index (χ3n) is 4.83. The van der Waals surface area contributed by atoms with Gasteiger partial charge in [0.25, 0.3) is 0 Å². The smallest absolute Gasteiger partial charge is 0.416 e. The van der Waals surface area contributed by atoms with Gasteiger partial charge in [0.2, 0.25) is 0 Å². The molecule has 0 radical (unpaired) electrons. The average Bonchev–Trinajstić information content (AvgIpc) is 3.06. The topological polar surface area (TPSA) is 62.3 Å². The maximum atomic E-state index is 13.1. The van der Waals surface area contributed by atoms with E-state index in [-0.39, 0.29) is 0 Å². The molecule has 0 spiro atoms. The van der Waals surface area contributed by atoms with Crippen LogP contribution in [-0.2, 0) is 25.6 Å². The zero-order chi connectivity index (χ0) is 21.0. The second kappa shape index (κ2) is 8.73. The van der Waals surface area contributed by atoms with E-state index in [0.717, 1.165) is 23.5 Å². The van der Waals surface area contributed by atoms with Crippen LogP contribution in [-0.4, -0.2) is 30.3 Å². The Bertz CT molecular complexity index is 983. The number of aryl methyl sites for hydroxylation is 3. The van der Waals surface area contributed by atoms with E-state index >= 15 is 0 Å². The highest BCUT2D eigenvalue weighted by molar-refractivity contribution is 5.77. The zero-order valence-corrected chi connectivity index (χ0v) is 16.4. The standard InChI is InChI=1S/C21H24F3N3O2/c1-28-18-8-5-14(12-19(18)29-2)9-11-27-17-7-6-15(21(22,23)24)13-16(17)26-20(27)4-3-10-25/h5-8,12-13H,3-4,9-11,25H2,1-2H3. The Morgan fingerprint density at radius 2 is 1.76 bits per heavy atom. The minimum atomic E-state index is -4.39. The van der Waals surface area contributed by atoms with Gasteiger partial charge >= 0.3 is 6.18 Å². The molecule has 0 amide bonds. The Morgan fingerprint density at radius 3 is 2.41 bits per heavy atom. The van der Waals surface area contributed by atoms with E-state index in [9.17, 15) is 13.2 Å². The van der Waals surface area contributed by atoms with E-state index in [1.54, 1.807) is 14.2 Å². The van der Waals surface area contributed by atoms with Crippen molar-refractivity contribution in [3.8, 4) is 11.5 Å². The fourth-order valence-corrected chi connectivity index (χ4v) is 3.33. The molecule has 0 aliphatic heterocycles. The van der Waals surface area contributed by atoms with E-state index in [4.69, 9.17) is 15.2 Å². The lowest BCUT2D eigenvalue weighted by Gasteiger charge is -2.12. The molecular formula is C21H24F3N3O2. The second-order valence-electron chi connectivity index (χ2n) is 6.71. The molecular weight excluding hydrogens is 383 g/mol. The Balaban J connectivity index is 1.92. The summed E-state index contributed by atoms with van der Waals surface area (Å²) < 4.78 is 51.7. The van der Waals surface area contributed by atoms with E-state index in [2.05, 4.69) is 4.98 Å². The first kappa shape index (κ1) is 21.0. The van der Waals surface area contributed by atoms with Crippen molar-refractivity contribution in [1.82, 2.24) is 9.55 Å². The molecule has 0 aliphatic carbocycles. The molecule has 3 aromatic rings. The van der Waals surface area contributed by atoms with Crippen molar-refractivity contribution in [2.45, 2.75) is 32.0 Å². The molecule has 156 valence electrons. The van der Waals surface area contributed by atoms with Crippen LogP contribution in [0.15, 0.2) is 36.4 Å². The van der Waals surface area contributed by atoms with Gasteiger partial charge in [0, 0.05) is 13.0 Å². The molecule has 29 heavy (non-hydrogen) atoms. The second-order valence-corrected chi connectivity index (χ2v) is 6.71. The van der Waals surface area contributed by atoms with E-state index in [1.165, 1.54) is 6.07 Å². The molecule has 0 saturated heterocycles. The maximum Gasteiger partial charge on any atom is 0.416 e. The van der Waals surface area contributed by atoms with Gasteiger partial charge in [0.15, 0.2) is 11.5 Å². The van der Waals surface area contributed by atoms with Crippen LogP contribution in [0.3, 0.4) is 0 Å². The van der Waals surface area contributed by atoms with Crippen LogP contribution >= 0.6 is 0 Å². The number of fused-ring (bicyclic) bond motifs is 1. The molecule has 1 heterocycles.